The van der Waals surface area contributed by atoms with Crippen LogP contribution >= 0.6 is 0 Å². The molecule has 0 radical (unpaired) electrons. The monoisotopic (exact) mass is 175 g/mol. The van der Waals surface area contributed by atoms with Gasteiger partial charge in [0.25, 0.3) is 0 Å². The van der Waals surface area contributed by atoms with Gasteiger partial charge in [0.2, 0.25) is 0 Å². The number of hydroxylamine groups is 2. The van der Waals surface area contributed by atoms with Gasteiger partial charge in [-0.05, 0) is 12.3 Å². The molecule has 1 aliphatic heterocycles. The summed E-state index contributed by atoms with van der Waals surface area (Å²) in [6, 6.07) is 0. The van der Waals surface area contributed by atoms with Crippen LogP contribution in [0.2, 0.25) is 0 Å². The first-order chi connectivity index (χ1) is 5.72. The molecule has 74 valence electrons. The molecule has 1 heterocycles. The molecule has 3 nitrogen and oxygen atoms in total. The van der Waals surface area contributed by atoms with E-state index in [2.05, 4.69) is 6.92 Å². The standard InChI is InChI=1S/C7H15NO2.C2H6/c1-6-3-7(10-2)5-8(9)4-6;1-2/h6-7,9H,3-5H2,1-2H3;1-2H3/t6?,7-;/m1./s1. The summed E-state index contributed by atoms with van der Waals surface area (Å²) in [5.41, 5.74) is 0. The molecule has 0 aliphatic carbocycles. The summed E-state index contributed by atoms with van der Waals surface area (Å²) >= 11 is 0. The van der Waals surface area contributed by atoms with Crippen molar-refractivity contribution >= 4 is 0 Å². The van der Waals surface area contributed by atoms with E-state index in [1.165, 1.54) is 5.06 Å². The molecule has 12 heavy (non-hydrogen) atoms. The van der Waals surface area contributed by atoms with Crippen LogP contribution < -0.4 is 0 Å². The molecule has 0 aromatic carbocycles. The quantitative estimate of drug-likeness (QED) is 0.659. The molecule has 0 bridgehead atoms. The second kappa shape index (κ2) is 6.40. The molecule has 1 rings (SSSR count). The maximum Gasteiger partial charge on any atom is 0.0724 e. The Balaban J connectivity index is 0.000000561. The van der Waals surface area contributed by atoms with Crippen LogP contribution in [-0.4, -0.2) is 36.6 Å². The van der Waals surface area contributed by atoms with Gasteiger partial charge in [-0.15, -0.1) is 0 Å². The smallest absolute Gasteiger partial charge is 0.0724 e. The zero-order valence-electron chi connectivity index (χ0n) is 8.58. The molecule has 0 amide bonds. The molecule has 0 aromatic rings. The van der Waals surface area contributed by atoms with Crippen LogP contribution in [0.3, 0.4) is 0 Å². The third-order valence-electron chi connectivity index (χ3n) is 1.94. The van der Waals surface area contributed by atoms with Crippen molar-refractivity contribution < 1.29 is 9.94 Å². The van der Waals surface area contributed by atoms with Gasteiger partial charge in [-0.3, -0.25) is 0 Å². The summed E-state index contributed by atoms with van der Waals surface area (Å²) in [6.45, 7) is 7.55. The highest BCUT2D eigenvalue weighted by atomic mass is 16.5. The predicted octanol–water partition coefficient (Wildman–Crippen LogP) is 1.76. The van der Waals surface area contributed by atoms with E-state index in [-0.39, 0.29) is 6.10 Å². The second-order valence-corrected chi connectivity index (χ2v) is 3.07. The first-order valence-corrected chi connectivity index (χ1v) is 4.69. The zero-order valence-corrected chi connectivity index (χ0v) is 8.58. The molecule has 1 aliphatic rings. The van der Waals surface area contributed by atoms with Crippen molar-refractivity contribution in [1.29, 1.82) is 0 Å². The van der Waals surface area contributed by atoms with Crippen molar-refractivity contribution in [2.45, 2.75) is 33.3 Å². The van der Waals surface area contributed by atoms with Gasteiger partial charge in [0.05, 0.1) is 12.6 Å². The van der Waals surface area contributed by atoms with E-state index in [9.17, 15) is 0 Å². The Hall–Kier alpha value is -0.120. The average Bonchev–Trinajstić information content (AvgIpc) is 2.06. The van der Waals surface area contributed by atoms with Crippen LogP contribution in [0.15, 0.2) is 0 Å². The predicted molar refractivity (Wildman–Crippen MR) is 49.3 cm³/mol. The fraction of sp³-hybridized carbons (Fsp3) is 1.00. The number of ether oxygens (including phenoxy) is 1. The highest BCUT2D eigenvalue weighted by molar-refractivity contribution is 4.72. The minimum Gasteiger partial charge on any atom is -0.380 e. The van der Waals surface area contributed by atoms with E-state index in [4.69, 9.17) is 9.94 Å². The van der Waals surface area contributed by atoms with Gasteiger partial charge >= 0.3 is 0 Å². The summed E-state index contributed by atoms with van der Waals surface area (Å²) in [5, 5.41) is 10.5. The van der Waals surface area contributed by atoms with E-state index in [0.717, 1.165) is 13.0 Å². The fourth-order valence-corrected chi connectivity index (χ4v) is 1.44. The normalized spacial score (nSPS) is 30.8. The lowest BCUT2D eigenvalue weighted by Gasteiger charge is -2.31. The van der Waals surface area contributed by atoms with Gasteiger partial charge in [-0.25, -0.2) is 0 Å². The molecule has 1 unspecified atom stereocenters. The molecule has 0 spiro atoms. The lowest BCUT2D eigenvalue weighted by molar-refractivity contribution is -0.150. The molecule has 1 saturated heterocycles. The molecular formula is C9H21NO2. The number of methoxy groups -OCH3 is 1. The van der Waals surface area contributed by atoms with Crippen molar-refractivity contribution in [2.75, 3.05) is 20.2 Å². The van der Waals surface area contributed by atoms with Crippen LogP contribution in [0.1, 0.15) is 27.2 Å². The Morgan fingerprint density at radius 1 is 1.33 bits per heavy atom. The van der Waals surface area contributed by atoms with E-state index in [1.54, 1.807) is 7.11 Å². The summed E-state index contributed by atoms with van der Waals surface area (Å²) in [7, 11) is 1.69. The van der Waals surface area contributed by atoms with Crippen LogP contribution in [-0.2, 0) is 4.74 Å². The maximum atomic E-state index is 9.13. The van der Waals surface area contributed by atoms with Gasteiger partial charge in [-0.1, -0.05) is 20.8 Å². The minimum atomic E-state index is 0.216. The van der Waals surface area contributed by atoms with Crippen LogP contribution in [0.5, 0.6) is 0 Å². The number of rotatable bonds is 1. The van der Waals surface area contributed by atoms with Gasteiger partial charge in [0.1, 0.15) is 0 Å². The highest BCUT2D eigenvalue weighted by Gasteiger charge is 2.22. The topological polar surface area (TPSA) is 32.7 Å². The van der Waals surface area contributed by atoms with Crippen LogP contribution in [0, 0.1) is 5.92 Å². The SMILES string of the molecule is CC.CO[C@@H]1CC(C)CN(O)C1. The van der Waals surface area contributed by atoms with E-state index >= 15 is 0 Å². The van der Waals surface area contributed by atoms with E-state index < -0.39 is 0 Å². The lowest BCUT2D eigenvalue weighted by Crippen LogP contribution is -2.40. The van der Waals surface area contributed by atoms with Crippen molar-refractivity contribution in [3.8, 4) is 0 Å². The molecule has 2 atom stereocenters. The molecule has 1 N–H and O–H groups in total. The first-order valence-electron chi connectivity index (χ1n) is 4.69. The Morgan fingerprint density at radius 3 is 2.33 bits per heavy atom. The zero-order chi connectivity index (χ0) is 9.56. The number of hydrogen-bond acceptors (Lipinski definition) is 3. The highest BCUT2D eigenvalue weighted by Crippen LogP contribution is 2.16. The fourth-order valence-electron chi connectivity index (χ4n) is 1.44. The van der Waals surface area contributed by atoms with Gasteiger partial charge in [-0.2, -0.15) is 5.06 Å². The second-order valence-electron chi connectivity index (χ2n) is 3.07. The van der Waals surface area contributed by atoms with Crippen LogP contribution in [0.25, 0.3) is 0 Å². The summed E-state index contributed by atoms with van der Waals surface area (Å²) in [6.07, 6.45) is 1.28. The van der Waals surface area contributed by atoms with Crippen molar-refractivity contribution in [2.24, 2.45) is 5.92 Å². The summed E-state index contributed by atoms with van der Waals surface area (Å²) in [5.74, 6) is 0.545. The third kappa shape index (κ3) is 4.04. The lowest BCUT2D eigenvalue weighted by atomic mass is 9.99. The number of nitrogens with zero attached hydrogens (tertiary/aromatic N) is 1. The van der Waals surface area contributed by atoms with Crippen molar-refractivity contribution in [3.05, 3.63) is 0 Å². The average molecular weight is 175 g/mol. The Kier molecular flexibility index (Phi) is 6.34. The van der Waals surface area contributed by atoms with E-state index in [1.807, 2.05) is 13.8 Å². The summed E-state index contributed by atoms with van der Waals surface area (Å²) in [4.78, 5) is 0. The van der Waals surface area contributed by atoms with Crippen molar-refractivity contribution in [1.82, 2.24) is 5.06 Å². The Labute approximate surface area is 75.3 Å². The first kappa shape index (κ1) is 11.9. The third-order valence-corrected chi connectivity index (χ3v) is 1.94. The van der Waals surface area contributed by atoms with Crippen molar-refractivity contribution in [3.63, 3.8) is 0 Å². The van der Waals surface area contributed by atoms with Crippen LogP contribution in [0.4, 0.5) is 0 Å². The Bertz CT molecular complexity index is 98.7. The van der Waals surface area contributed by atoms with Gasteiger partial charge < -0.3 is 9.94 Å². The largest absolute Gasteiger partial charge is 0.380 e. The molecule has 1 fully saturated rings. The summed E-state index contributed by atoms with van der Waals surface area (Å²) < 4.78 is 5.13. The molecule has 0 saturated carbocycles. The Morgan fingerprint density at radius 2 is 1.92 bits per heavy atom. The molecule has 0 aromatic heterocycles. The van der Waals surface area contributed by atoms with Gasteiger partial charge in [0.15, 0.2) is 0 Å². The number of piperidine rings is 1. The van der Waals surface area contributed by atoms with E-state index in [0.29, 0.717) is 12.5 Å². The van der Waals surface area contributed by atoms with Gasteiger partial charge in [0, 0.05) is 13.7 Å². The molecule has 3 heteroatoms. The minimum absolute atomic E-state index is 0.216. The maximum absolute atomic E-state index is 9.13. The molecular weight excluding hydrogens is 154 g/mol. The number of hydrogen-bond donors (Lipinski definition) is 1.